The molecule has 0 amide bonds. The van der Waals surface area contributed by atoms with E-state index < -0.39 is 18.1 Å². The summed E-state index contributed by atoms with van der Waals surface area (Å²) in [5.74, 6) is -0.215. The molecular formula is C27H38O6. The van der Waals surface area contributed by atoms with Crippen molar-refractivity contribution in [2.24, 2.45) is 46.3 Å². The van der Waals surface area contributed by atoms with Crippen LogP contribution in [0.15, 0.2) is 23.8 Å². The molecule has 4 aliphatic carbocycles. The Morgan fingerprint density at radius 1 is 1.24 bits per heavy atom. The first-order chi connectivity index (χ1) is 15.5. The number of hydrogen-bond acceptors (Lipinski definition) is 6. The van der Waals surface area contributed by atoms with Crippen LogP contribution in [0.4, 0.5) is 0 Å². The molecular weight excluding hydrogens is 420 g/mol. The maximum Gasteiger partial charge on any atom is 0.306 e. The zero-order valence-corrected chi connectivity index (χ0v) is 20.3. The third-order valence-corrected chi connectivity index (χ3v) is 9.22. The number of aliphatic hydroxyl groups excluding tert-OH is 2. The lowest BCUT2D eigenvalue weighted by molar-refractivity contribution is -0.152. The average molecular weight is 459 g/mol. The summed E-state index contributed by atoms with van der Waals surface area (Å²) < 4.78 is 5.68. The molecule has 4 aliphatic rings. The third-order valence-electron chi connectivity index (χ3n) is 9.22. The minimum atomic E-state index is -0.612. The lowest BCUT2D eigenvalue weighted by Gasteiger charge is -2.60. The summed E-state index contributed by atoms with van der Waals surface area (Å²) in [5, 5.41) is 21.0. The zero-order chi connectivity index (χ0) is 24.1. The number of Topliss-reactive ketones (excluding diaryl/α,β-unsaturated/α-hetero) is 1. The first kappa shape index (κ1) is 24.3. The number of fused-ring (bicyclic) bond motifs is 5. The van der Waals surface area contributed by atoms with Crippen molar-refractivity contribution in [3.63, 3.8) is 0 Å². The Labute approximate surface area is 196 Å². The predicted molar refractivity (Wildman–Crippen MR) is 123 cm³/mol. The van der Waals surface area contributed by atoms with Gasteiger partial charge in [-0.05, 0) is 66.6 Å². The smallest absolute Gasteiger partial charge is 0.306 e. The summed E-state index contributed by atoms with van der Waals surface area (Å²) in [7, 11) is 0. The highest BCUT2D eigenvalue weighted by Crippen LogP contribution is 2.66. The fourth-order valence-corrected chi connectivity index (χ4v) is 7.94. The second kappa shape index (κ2) is 8.77. The Morgan fingerprint density at radius 3 is 2.64 bits per heavy atom. The second-order valence-corrected chi connectivity index (χ2v) is 11.7. The summed E-state index contributed by atoms with van der Waals surface area (Å²) in [6.45, 7) is 7.93. The standard InChI is InChI=1S/C27H38O6/c1-15(2)9-24(32)33-14-16-10-18-19-5-6-20(23(31)13-28)27(19,4)12-22(30)25(18)26(3)8-7-17(29)11-21(16)26/h7-8,11,15-16,18-20,22,25,28,30H,5-6,9-10,12-14H2,1-4H3/t16-,18+,19+,20-,22+,25-,26+,27+/m1/s1. The Balaban J connectivity index is 1.67. The van der Waals surface area contributed by atoms with E-state index in [1.54, 1.807) is 12.2 Å². The van der Waals surface area contributed by atoms with Crippen molar-refractivity contribution in [3.8, 4) is 0 Å². The summed E-state index contributed by atoms with van der Waals surface area (Å²) in [6.07, 6.45) is 7.84. The molecule has 6 heteroatoms. The van der Waals surface area contributed by atoms with Gasteiger partial charge >= 0.3 is 5.97 Å². The van der Waals surface area contributed by atoms with Crippen LogP contribution in [0.5, 0.6) is 0 Å². The van der Waals surface area contributed by atoms with Crippen LogP contribution < -0.4 is 0 Å². The first-order valence-corrected chi connectivity index (χ1v) is 12.4. The number of allylic oxidation sites excluding steroid dienone is 3. The molecule has 0 spiro atoms. The van der Waals surface area contributed by atoms with Crippen molar-refractivity contribution >= 4 is 17.5 Å². The van der Waals surface area contributed by atoms with Crippen LogP contribution in [0.2, 0.25) is 0 Å². The van der Waals surface area contributed by atoms with Gasteiger partial charge in [0.05, 0.1) is 12.7 Å². The SMILES string of the molecule is CC(C)CC(=O)OC[C@H]1C[C@@H]2[C@H]([C@@H](O)C[C@]3(C)[C@@H](C(=O)CO)CC[C@@H]23)[C@@]2(C)C=CC(=O)C=C12. The van der Waals surface area contributed by atoms with E-state index in [1.165, 1.54) is 0 Å². The number of esters is 1. The van der Waals surface area contributed by atoms with Gasteiger partial charge in [-0.1, -0.05) is 33.8 Å². The van der Waals surface area contributed by atoms with Crippen LogP contribution in [-0.4, -0.2) is 47.1 Å². The van der Waals surface area contributed by atoms with Gasteiger partial charge in [0.25, 0.3) is 0 Å². The molecule has 0 aromatic rings. The van der Waals surface area contributed by atoms with Crippen LogP contribution in [0.25, 0.3) is 0 Å². The molecule has 3 fully saturated rings. The number of carbonyl (C=O) groups excluding carboxylic acids is 3. The average Bonchev–Trinajstić information content (AvgIpc) is 3.08. The van der Waals surface area contributed by atoms with Gasteiger partial charge in [0.1, 0.15) is 6.61 Å². The van der Waals surface area contributed by atoms with Crippen LogP contribution in [-0.2, 0) is 19.1 Å². The Hall–Kier alpha value is -1.79. The predicted octanol–water partition coefficient (Wildman–Crippen LogP) is 3.26. The molecule has 182 valence electrons. The lowest BCUT2D eigenvalue weighted by atomic mass is 9.45. The van der Waals surface area contributed by atoms with E-state index in [0.29, 0.717) is 12.8 Å². The van der Waals surface area contributed by atoms with Crippen molar-refractivity contribution in [3.05, 3.63) is 23.8 Å². The van der Waals surface area contributed by atoms with Gasteiger partial charge in [-0.15, -0.1) is 0 Å². The summed E-state index contributed by atoms with van der Waals surface area (Å²) in [4.78, 5) is 37.2. The molecule has 0 radical (unpaired) electrons. The molecule has 8 atom stereocenters. The fourth-order valence-electron chi connectivity index (χ4n) is 7.94. The van der Waals surface area contributed by atoms with Crippen LogP contribution >= 0.6 is 0 Å². The molecule has 33 heavy (non-hydrogen) atoms. The fraction of sp³-hybridized carbons (Fsp3) is 0.741. The van der Waals surface area contributed by atoms with E-state index in [2.05, 4.69) is 13.8 Å². The summed E-state index contributed by atoms with van der Waals surface area (Å²) >= 11 is 0. The van der Waals surface area contributed by atoms with E-state index >= 15 is 0 Å². The van der Waals surface area contributed by atoms with Gasteiger partial charge in [-0.3, -0.25) is 14.4 Å². The van der Waals surface area contributed by atoms with Gasteiger partial charge in [0, 0.05) is 29.6 Å². The quantitative estimate of drug-likeness (QED) is 0.593. The molecule has 2 N–H and O–H groups in total. The van der Waals surface area contributed by atoms with E-state index in [0.717, 1.165) is 24.8 Å². The van der Waals surface area contributed by atoms with Gasteiger partial charge < -0.3 is 14.9 Å². The van der Waals surface area contributed by atoms with Gasteiger partial charge in [0.2, 0.25) is 0 Å². The number of rotatable bonds is 6. The van der Waals surface area contributed by atoms with Crippen molar-refractivity contribution in [2.75, 3.05) is 13.2 Å². The van der Waals surface area contributed by atoms with E-state index in [1.807, 2.05) is 19.9 Å². The second-order valence-electron chi connectivity index (χ2n) is 11.7. The molecule has 0 bridgehead atoms. The summed E-state index contributed by atoms with van der Waals surface area (Å²) in [5.41, 5.74) is 0.105. The van der Waals surface area contributed by atoms with Gasteiger partial charge in [-0.2, -0.15) is 0 Å². The molecule has 6 nitrogen and oxygen atoms in total. The Morgan fingerprint density at radius 2 is 1.97 bits per heavy atom. The van der Waals surface area contributed by atoms with Crippen LogP contribution in [0.3, 0.4) is 0 Å². The number of hydrogen-bond donors (Lipinski definition) is 2. The Bertz CT molecular complexity index is 887. The molecule has 0 aromatic heterocycles. The number of aliphatic hydroxyl groups is 2. The van der Waals surface area contributed by atoms with Crippen LogP contribution in [0, 0.1) is 46.3 Å². The van der Waals surface area contributed by atoms with Gasteiger partial charge in [-0.25, -0.2) is 0 Å². The van der Waals surface area contributed by atoms with E-state index in [4.69, 9.17) is 4.74 Å². The first-order valence-electron chi connectivity index (χ1n) is 12.4. The molecule has 4 rings (SSSR count). The van der Waals surface area contributed by atoms with E-state index in [9.17, 15) is 24.6 Å². The number of ether oxygens (including phenoxy) is 1. The summed E-state index contributed by atoms with van der Waals surface area (Å²) in [6, 6.07) is 0. The van der Waals surface area contributed by atoms with E-state index in [-0.39, 0.29) is 65.1 Å². The maximum atomic E-state index is 12.6. The highest BCUT2D eigenvalue weighted by atomic mass is 16.5. The topological polar surface area (TPSA) is 101 Å². The van der Waals surface area contributed by atoms with Crippen LogP contribution in [0.1, 0.15) is 59.8 Å². The third kappa shape index (κ3) is 4.03. The van der Waals surface area contributed by atoms with Crippen molar-refractivity contribution < 1.29 is 29.3 Å². The van der Waals surface area contributed by atoms with Crippen molar-refractivity contribution in [1.29, 1.82) is 0 Å². The van der Waals surface area contributed by atoms with Gasteiger partial charge in [0.15, 0.2) is 11.6 Å². The highest BCUT2D eigenvalue weighted by molar-refractivity contribution is 6.01. The molecule has 0 unspecified atom stereocenters. The molecule has 0 saturated heterocycles. The monoisotopic (exact) mass is 458 g/mol. The maximum absolute atomic E-state index is 12.6. The molecule has 0 aromatic carbocycles. The number of ketones is 2. The van der Waals surface area contributed by atoms with Crippen molar-refractivity contribution in [1.82, 2.24) is 0 Å². The largest absolute Gasteiger partial charge is 0.465 e. The normalized spacial score (nSPS) is 41.8. The lowest BCUT2D eigenvalue weighted by Crippen LogP contribution is -2.58. The molecule has 0 aliphatic heterocycles. The zero-order valence-electron chi connectivity index (χ0n) is 20.3. The molecule has 0 heterocycles. The Kier molecular flexibility index (Phi) is 6.47. The highest BCUT2D eigenvalue weighted by Gasteiger charge is 2.63. The van der Waals surface area contributed by atoms with Crippen molar-refractivity contribution in [2.45, 2.75) is 65.9 Å². The minimum absolute atomic E-state index is 0.0585. The minimum Gasteiger partial charge on any atom is -0.465 e. The number of carbonyl (C=O) groups is 3. The molecule has 3 saturated carbocycles.